The van der Waals surface area contributed by atoms with Crippen molar-refractivity contribution in [1.29, 1.82) is 0 Å². The number of carbonyl (C=O) groups is 1. The molecule has 0 unspecified atom stereocenters. The molecule has 0 aliphatic heterocycles. The molecule has 0 aromatic heterocycles. The lowest BCUT2D eigenvalue weighted by Gasteiger charge is -2.20. The molecule has 0 fully saturated rings. The van der Waals surface area contributed by atoms with Crippen molar-refractivity contribution in [2.45, 2.75) is 6.92 Å². The number of nitrogens with zero attached hydrogens (tertiary/aromatic N) is 1. The predicted octanol–water partition coefficient (Wildman–Crippen LogP) is 0.732. The molecular formula is C12H18N2O3. The first-order chi connectivity index (χ1) is 8.13. The molecule has 0 bridgehead atoms. The van der Waals surface area contributed by atoms with E-state index in [1.807, 2.05) is 6.92 Å². The van der Waals surface area contributed by atoms with Crippen molar-refractivity contribution < 1.29 is 14.6 Å². The first-order valence-corrected chi connectivity index (χ1v) is 5.47. The maximum absolute atomic E-state index is 12.1. The number of aliphatic hydroxyl groups excluding tert-OH is 1. The van der Waals surface area contributed by atoms with Crippen LogP contribution in [0.5, 0.6) is 5.75 Å². The summed E-state index contributed by atoms with van der Waals surface area (Å²) in [6.45, 7) is 2.61. The first-order valence-electron chi connectivity index (χ1n) is 5.47. The average Bonchev–Trinajstić information content (AvgIpc) is 2.35. The molecule has 5 nitrogen and oxygen atoms in total. The highest BCUT2D eigenvalue weighted by molar-refractivity contribution is 5.99. The van der Waals surface area contributed by atoms with E-state index in [-0.39, 0.29) is 12.5 Å². The third-order valence-corrected chi connectivity index (χ3v) is 2.53. The number of benzene rings is 1. The van der Waals surface area contributed by atoms with Gasteiger partial charge in [-0.1, -0.05) is 0 Å². The number of anilines is 1. The second-order valence-electron chi connectivity index (χ2n) is 3.56. The van der Waals surface area contributed by atoms with Crippen molar-refractivity contribution in [3.8, 4) is 5.75 Å². The fourth-order valence-electron chi connectivity index (χ4n) is 1.54. The lowest BCUT2D eigenvalue weighted by molar-refractivity contribution is 0.0732. The van der Waals surface area contributed by atoms with Gasteiger partial charge in [0.2, 0.25) is 0 Å². The normalized spacial score (nSPS) is 10.1. The van der Waals surface area contributed by atoms with Crippen LogP contribution in [0.4, 0.5) is 5.69 Å². The van der Waals surface area contributed by atoms with Crippen molar-refractivity contribution in [3.05, 3.63) is 23.8 Å². The minimum atomic E-state index is -0.196. The summed E-state index contributed by atoms with van der Waals surface area (Å²) in [5.74, 6) is 0.389. The van der Waals surface area contributed by atoms with Crippen LogP contribution >= 0.6 is 0 Å². The third-order valence-electron chi connectivity index (χ3n) is 2.53. The van der Waals surface area contributed by atoms with Gasteiger partial charge in [0, 0.05) is 18.8 Å². The number of aliphatic hydroxyl groups is 1. The lowest BCUT2D eigenvalue weighted by atomic mass is 10.1. The molecule has 1 amide bonds. The Balaban J connectivity index is 3.01. The van der Waals surface area contributed by atoms with Crippen molar-refractivity contribution in [1.82, 2.24) is 4.90 Å². The summed E-state index contributed by atoms with van der Waals surface area (Å²) in [6.07, 6.45) is 0. The zero-order valence-corrected chi connectivity index (χ0v) is 10.1. The number of nitrogen functional groups attached to an aromatic ring is 1. The number of rotatable bonds is 5. The van der Waals surface area contributed by atoms with Gasteiger partial charge in [-0.05, 0) is 25.1 Å². The Morgan fingerprint density at radius 3 is 2.76 bits per heavy atom. The van der Waals surface area contributed by atoms with Crippen LogP contribution in [0.2, 0.25) is 0 Å². The molecule has 1 aromatic rings. The van der Waals surface area contributed by atoms with E-state index in [2.05, 4.69) is 0 Å². The zero-order chi connectivity index (χ0) is 12.8. The fourth-order valence-corrected chi connectivity index (χ4v) is 1.54. The number of amides is 1. The molecule has 0 saturated heterocycles. The lowest BCUT2D eigenvalue weighted by Crippen LogP contribution is -2.33. The van der Waals surface area contributed by atoms with E-state index in [1.54, 1.807) is 18.2 Å². The summed E-state index contributed by atoms with van der Waals surface area (Å²) in [5.41, 5.74) is 6.58. The van der Waals surface area contributed by atoms with Gasteiger partial charge in [0.05, 0.1) is 19.3 Å². The second-order valence-corrected chi connectivity index (χ2v) is 3.56. The van der Waals surface area contributed by atoms with Gasteiger partial charge in [0.15, 0.2) is 0 Å². The van der Waals surface area contributed by atoms with Crippen LogP contribution in [0.1, 0.15) is 17.3 Å². The predicted molar refractivity (Wildman–Crippen MR) is 66.1 cm³/mol. The summed E-state index contributed by atoms with van der Waals surface area (Å²) in [5, 5.41) is 8.88. The number of carbonyl (C=O) groups excluding carboxylic acids is 1. The molecule has 0 atom stereocenters. The summed E-state index contributed by atoms with van der Waals surface area (Å²) in [4.78, 5) is 13.7. The Kier molecular flexibility index (Phi) is 4.78. The molecule has 1 rings (SSSR count). The fraction of sp³-hybridized carbons (Fsp3) is 0.417. The van der Waals surface area contributed by atoms with Gasteiger partial charge < -0.3 is 20.5 Å². The molecule has 1 aromatic carbocycles. The number of likely N-dealkylation sites (N-methyl/N-ethyl adjacent to an activating group) is 1. The monoisotopic (exact) mass is 238 g/mol. The molecule has 0 aliphatic carbocycles. The Morgan fingerprint density at radius 2 is 2.24 bits per heavy atom. The molecule has 94 valence electrons. The molecule has 0 heterocycles. The number of ether oxygens (including phenoxy) is 1. The minimum Gasteiger partial charge on any atom is -0.497 e. The molecule has 0 aliphatic rings. The van der Waals surface area contributed by atoms with E-state index >= 15 is 0 Å². The van der Waals surface area contributed by atoms with Gasteiger partial charge in [-0.25, -0.2) is 0 Å². The summed E-state index contributed by atoms with van der Waals surface area (Å²) in [6, 6.07) is 4.95. The average molecular weight is 238 g/mol. The van der Waals surface area contributed by atoms with Crippen LogP contribution in [0.25, 0.3) is 0 Å². The van der Waals surface area contributed by atoms with Crippen LogP contribution in [0, 0.1) is 0 Å². The highest BCUT2D eigenvalue weighted by Gasteiger charge is 2.16. The van der Waals surface area contributed by atoms with Crippen LogP contribution in [-0.4, -0.2) is 42.7 Å². The van der Waals surface area contributed by atoms with Crippen LogP contribution in [-0.2, 0) is 0 Å². The SMILES string of the molecule is CCN(CCO)C(=O)c1cc(OC)ccc1N. The highest BCUT2D eigenvalue weighted by atomic mass is 16.5. The van der Waals surface area contributed by atoms with Crippen molar-refractivity contribution in [3.63, 3.8) is 0 Å². The van der Waals surface area contributed by atoms with Crippen molar-refractivity contribution in [2.75, 3.05) is 32.5 Å². The molecule has 5 heteroatoms. The van der Waals surface area contributed by atoms with E-state index in [9.17, 15) is 4.79 Å². The summed E-state index contributed by atoms with van der Waals surface area (Å²) in [7, 11) is 1.53. The maximum Gasteiger partial charge on any atom is 0.256 e. The second kappa shape index (κ2) is 6.10. The van der Waals surface area contributed by atoms with Gasteiger partial charge in [-0.2, -0.15) is 0 Å². The largest absolute Gasteiger partial charge is 0.497 e. The van der Waals surface area contributed by atoms with E-state index in [1.165, 1.54) is 12.0 Å². The number of hydrogen-bond acceptors (Lipinski definition) is 4. The van der Waals surface area contributed by atoms with E-state index in [0.29, 0.717) is 30.1 Å². The summed E-state index contributed by atoms with van der Waals surface area (Å²) < 4.78 is 5.06. The Labute approximate surface area is 101 Å². The topological polar surface area (TPSA) is 75.8 Å². The van der Waals surface area contributed by atoms with E-state index in [4.69, 9.17) is 15.6 Å². The molecular weight excluding hydrogens is 220 g/mol. The Hall–Kier alpha value is -1.75. The molecule has 3 N–H and O–H groups in total. The van der Waals surface area contributed by atoms with Crippen LogP contribution < -0.4 is 10.5 Å². The number of nitrogens with two attached hydrogens (primary N) is 1. The van der Waals surface area contributed by atoms with E-state index < -0.39 is 0 Å². The molecule has 17 heavy (non-hydrogen) atoms. The minimum absolute atomic E-state index is 0.0660. The molecule has 0 spiro atoms. The molecule has 0 radical (unpaired) electrons. The van der Waals surface area contributed by atoms with Gasteiger partial charge in [-0.15, -0.1) is 0 Å². The number of methoxy groups -OCH3 is 1. The van der Waals surface area contributed by atoms with Gasteiger partial charge in [0.1, 0.15) is 5.75 Å². The summed E-state index contributed by atoms with van der Waals surface area (Å²) >= 11 is 0. The molecule has 0 saturated carbocycles. The third kappa shape index (κ3) is 3.10. The van der Waals surface area contributed by atoms with Crippen molar-refractivity contribution in [2.24, 2.45) is 0 Å². The van der Waals surface area contributed by atoms with Gasteiger partial charge in [-0.3, -0.25) is 4.79 Å². The Bertz CT molecular complexity index is 393. The zero-order valence-electron chi connectivity index (χ0n) is 10.1. The van der Waals surface area contributed by atoms with Crippen LogP contribution in [0.3, 0.4) is 0 Å². The first kappa shape index (κ1) is 13.3. The Morgan fingerprint density at radius 1 is 1.53 bits per heavy atom. The highest BCUT2D eigenvalue weighted by Crippen LogP contribution is 2.20. The van der Waals surface area contributed by atoms with Gasteiger partial charge >= 0.3 is 0 Å². The van der Waals surface area contributed by atoms with E-state index in [0.717, 1.165) is 0 Å². The quantitative estimate of drug-likeness (QED) is 0.741. The number of hydrogen-bond donors (Lipinski definition) is 2. The van der Waals surface area contributed by atoms with Crippen molar-refractivity contribution >= 4 is 11.6 Å². The maximum atomic E-state index is 12.1. The standard InChI is InChI=1S/C12H18N2O3/c1-3-14(6-7-15)12(16)10-8-9(17-2)4-5-11(10)13/h4-5,8,15H,3,6-7,13H2,1-2H3. The smallest absolute Gasteiger partial charge is 0.256 e. The van der Waals surface area contributed by atoms with Crippen LogP contribution in [0.15, 0.2) is 18.2 Å². The van der Waals surface area contributed by atoms with Gasteiger partial charge in [0.25, 0.3) is 5.91 Å².